The van der Waals surface area contributed by atoms with Crippen molar-refractivity contribution in [2.24, 2.45) is 5.84 Å². The second-order valence-electron chi connectivity index (χ2n) is 5.24. The summed E-state index contributed by atoms with van der Waals surface area (Å²) in [4.78, 5) is 11.8. The van der Waals surface area contributed by atoms with Crippen LogP contribution in [0, 0.1) is 6.92 Å². The summed E-state index contributed by atoms with van der Waals surface area (Å²) in [5, 5.41) is 9.86. The molecule has 0 atom stereocenters. The lowest BCUT2D eigenvalue weighted by Crippen LogP contribution is -2.30. The van der Waals surface area contributed by atoms with E-state index in [0.29, 0.717) is 0 Å². The number of hydrogen-bond acceptors (Lipinski definition) is 3. The third kappa shape index (κ3) is 2.69. The smallest absolute Gasteiger partial charge is 0.269 e. The number of nitrogen functional groups attached to an aromatic ring is 1. The van der Waals surface area contributed by atoms with Crippen molar-refractivity contribution in [2.45, 2.75) is 6.92 Å². The number of hydrazine groups is 1. The highest BCUT2D eigenvalue weighted by molar-refractivity contribution is 5.97. The molecular formula is C18H17N3O2. The zero-order valence-electron chi connectivity index (χ0n) is 12.7. The van der Waals surface area contributed by atoms with Gasteiger partial charge in [0, 0.05) is 11.4 Å². The van der Waals surface area contributed by atoms with Crippen LogP contribution in [0.4, 0.5) is 0 Å². The minimum absolute atomic E-state index is 0.109. The molecule has 2 aromatic carbocycles. The molecule has 0 fully saturated rings. The van der Waals surface area contributed by atoms with Crippen molar-refractivity contribution >= 4 is 5.91 Å². The minimum atomic E-state index is -0.532. The second kappa shape index (κ2) is 5.98. The topological polar surface area (TPSA) is 80.3 Å². The number of phenols is 1. The van der Waals surface area contributed by atoms with E-state index in [1.807, 2.05) is 59.4 Å². The maximum Gasteiger partial charge on any atom is 0.269 e. The van der Waals surface area contributed by atoms with Crippen LogP contribution in [-0.4, -0.2) is 15.6 Å². The molecule has 1 amide bonds. The number of nitrogens with zero attached hydrogens (tertiary/aromatic N) is 1. The van der Waals surface area contributed by atoms with Crippen LogP contribution < -0.4 is 11.3 Å². The van der Waals surface area contributed by atoms with Crippen LogP contribution >= 0.6 is 0 Å². The van der Waals surface area contributed by atoms with Gasteiger partial charge in [0.25, 0.3) is 5.91 Å². The number of aryl methyl sites for hydroxylation is 1. The van der Waals surface area contributed by atoms with Crippen LogP contribution in [0.3, 0.4) is 0 Å². The van der Waals surface area contributed by atoms with Crippen molar-refractivity contribution in [3.63, 3.8) is 0 Å². The molecule has 0 radical (unpaired) electrons. The quantitative estimate of drug-likeness (QED) is 0.395. The Morgan fingerprint density at radius 1 is 1.09 bits per heavy atom. The predicted molar refractivity (Wildman–Crippen MR) is 89.3 cm³/mol. The molecule has 116 valence electrons. The van der Waals surface area contributed by atoms with E-state index in [2.05, 4.69) is 0 Å². The van der Waals surface area contributed by atoms with Crippen LogP contribution in [0.2, 0.25) is 0 Å². The normalized spacial score (nSPS) is 10.5. The highest BCUT2D eigenvalue weighted by atomic mass is 16.3. The number of benzene rings is 2. The molecule has 5 nitrogen and oxygen atoms in total. The molecule has 0 bridgehead atoms. The summed E-state index contributed by atoms with van der Waals surface area (Å²) in [6.07, 6.45) is 0. The Morgan fingerprint density at radius 2 is 1.83 bits per heavy atom. The number of nitrogens with two attached hydrogens (primary N) is 1. The summed E-state index contributed by atoms with van der Waals surface area (Å²) in [6.45, 7) is 1.99. The zero-order chi connectivity index (χ0) is 16.4. The molecule has 0 spiro atoms. The Morgan fingerprint density at radius 3 is 2.52 bits per heavy atom. The largest absolute Gasteiger partial charge is 0.507 e. The number of phenolic OH excluding ortho intramolecular Hbond substituents is 1. The molecule has 0 saturated heterocycles. The molecular weight excluding hydrogens is 290 g/mol. The van der Waals surface area contributed by atoms with Gasteiger partial charge in [0.15, 0.2) is 0 Å². The molecule has 1 heterocycles. The Labute approximate surface area is 134 Å². The lowest BCUT2D eigenvalue weighted by Gasteiger charge is -2.14. The van der Waals surface area contributed by atoms with Gasteiger partial charge >= 0.3 is 0 Å². The summed E-state index contributed by atoms with van der Waals surface area (Å²) < 4.78 is 2.03. The number of rotatable bonds is 3. The number of nitrogens with one attached hydrogen (secondary N) is 1. The van der Waals surface area contributed by atoms with Gasteiger partial charge in [0.05, 0.1) is 11.3 Å². The zero-order valence-corrected chi connectivity index (χ0v) is 12.7. The third-order valence-electron chi connectivity index (χ3n) is 3.76. The van der Waals surface area contributed by atoms with Gasteiger partial charge in [-0.05, 0) is 42.8 Å². The molecule has 0 aliphatic heterocycles. The van der Waals surface area contributed by atoms with E-state index in [-0.39, 0.29) is 11.3 Å². The Bertz CT molecular complexity index is 854. The number of aromatic hydroxyl groups is 1. The second-order valence-corrected chi connectivity index (χ2v) is 5.24. The molecule has 1 aromatic heterocycles. The van der Waals surface area contributed by atoms with Gasteiger partial charge in [0.2, 0.25) is 0 Å². The first-order valence-electron chi connectivity index (χ1n) is 7.20. The number of carbonyl (C=O) groups is 1. The van der Waals surface area contributed by atoms with E-state index >= 15 is 0 Å². The molecule has 0 unspecified atom stereocenters. The van der Waals surface area contributed by atoms with E-state index in [1.54, 1.807) is 12.1 Å². The van der Waals surface area contributed by atoms with Gasteiger partial charge in [-0.2, -0.15) is 0 Å². The van der Waals surface area contributed by atoms with E-state index in [4.69, 9.17) is 5.84 Å². The molecule has 0 saturated carbocycles. The van der Waals surface area contributed by atoms with Crippen molar-refractivity contribution in [3.05, 3.63) is 71.9 Å². The first kappa shape index (κ1) is 14.9. The fraction of sp³-hybridized carbons (Fsp3) is 0.0556. The van der Waals surface area contributed by atoms with Crippen LogP contribution in [0.25, 0.3) is 16.9 Å². The number of amides is 1. The molecule has 0 aliphatic carbocycles. The SMILES string of the molecule is Cc1ccc(-c2ccccc2)n1-c1ccc(O)c(C(=O)NN)c1. The van der Waals surface area contributed by atoms with Crippen LogP contribution in [0.15, 0.2) is 60.7 Å². The lowest BCUT2D eigenvalue weighted by atomic mass is 10.1. The monoisotopic (exact) mass is 307 g/mol. The van der Waals surface area contributed by atoms with Crippen LogP contribution in [0.1, 0.15) is 16.1 Å². The van der Waals surface area contributed by atoms with Gasteiger partial charge in [-0.3, -0.25) is 10.2 Å². The van der Waals surface area contributed by atoms with Gasteiger partial charge in [0.1, 0.15) is 5.75 Å². The molecule has 3 rings (SSSR count). The van der Waals surface area contributed by atoms with E-state index in [1.165, 1.54) is 6.07 Å². The summed E-state index contributed by atoms with van der Waals surface area (Å²) in [6, 6.07) is 18.9. The van der Waals surface area contributed by atoms with E-state index < -0.39 is 5.91 Å². The predicted octanol–water partition coefficient (Wildman–Crippen LogP) is 2.76. The van der Waals surface area contributed by atoms with Gasteiger partial charge < -0.3 is 9.67 Å². The molecule has 3 aromatic rings. The Balaban J connectivity index is 2.17. The summed E-state index contributed by atoms with van der Waals surface area (Å²) >= 11 is 0. The first-order chi connectivity index (χ1) is 11.1. The maximum atomic E-state index is 11.8. The van der Waals surface area contributed by atoms with E-state index in [0.717, 1.165) is 22.6 Å². The molecule has 5 heteroatoms. The van der Waals surface area contributed by atoms with Gasteiger partial charge in [-0.15, -0.1) is 0 Å². The van der Waals surface area contributed by atoms with Gasteiger partial charge in [-0.25, -0.2) is 5.84 Å². The average Bonchev–Trinajstić information content (AvgIpc) is 2.97. The van der Waals surface area contributed by atoms with Crippen molar-refractivity contribution in [2.75, 3.05) is 0 Å². The van der Waals surface area contributed by atoms with Gasteiger partial charge in [-0.1, -0.05) is 30.3 Å². The lowest BCUT2D eigenvalue weighted by molar-refractivity contribution is 0.0951. The number of aromatic nitrogens is 1. The minimum Gasteiger partial charge on any atom is -0.507 e. The molecule has 23 heavy (non-hydrogen) atoms. The fourth-order valence-corrected chi connectivity index (χ4v) is 2.64. The number of hydrogen-bond donors (Lipinski definition) is 3. The first-order valence-corrected chi connectivity index (χ1v) is 7.20. The summed E-state index contributed by atoms with van der Waals surface area (Å²) in [7, 11) is 0. The fourth-order valence-electron chi connectivity index (χ4n) is 2.64. The molecule has 0 aliphatic rings. The standard InChI is InChI=1S/C18H17N3O2/c1-12-7-9-16(13-5-3-2-4-6-13)21(12)14-8-10-17(22)15(11-14)18(23)20-19/h2-11,22H,19H2,1H3,(H,20,23). The number of carbonyl (C=O) groups excluding carboxylic acids is 1. The molecule has 4 N–H and O–H groups in total. The highest BCUT2D eigenvalue weighted by Gasteiger charge is 2.14. The third-order valence-corrected chi connectivity index (χ3v) is 3.76. The summed E-state index contributed by atoms with van der Waals surface area (Å²) in [5.74, 6) is 4.53. The average molecular weight is 307 g/mol. The van der Waals surface area contributed by atoms with E-state index in [9.17, 15) is 9.90 Å². The van der Waals surface area contributed by atoms with Crippen LogP contribution in [0.5, 0.6) is 5.75 Å². The summed E-state index contributed by atoms with van der Waals surface area (Å²) in [5.41, 5.74) is 6.06. The van der Waals surface area contributed by atoms with Crippen molar-refractivity contribution in [3.8, 4) is 22.7 Å². The Kier molecular flexibility index (Phi) is 3.87. The highest BCUT2D eigenvalue weighted by Crippen LogP contribution is 2.28. The maximum absolute atomic E-state index is 11.8. The Hall–Kier alpha value is -3.05. The van der Waals surface area contributed by atoms with Crippen LogP contribution in [-0.2, 0) is 0 Å². The van der Waals surface area contributed by atoms with Crippen molar-refractivity contribution in [1.29, 1.82) is 0 Å². The van der Waals surface area contributed by atoms with Crippen molar-refractivity contribution < 1.29 is 9.90 Å². The van der Waals surface area contributed by atoms with Crippen molar-refractivity contribution in [1.82, 2.24) is 9.99 Å².